The molecule has 0 spiro atoms. The summed E-state index contributed by atoms with van der Waals surface area (Å²) in [6.45, 7) is 2.51. The highest BCUT2D eigenvalue weighted by molar-refractivity contribution is 5.96. The van der Waals surface area contributed by atoms with Gasteiger partial charge in [0.1, 0.15) is 11.6 Å². The summed E-state index contributed by atoms with van der Waals surface area (Å²) in [7, 11) is 1.64. The second-order valence-electron chi connectivity index (χ2n) is 4.51. The zero-order chi connectivity index (χ0) is 13.3. The molecule has 1 aromatic carbocycles. The van der Waals surface area contributed by atoms with Crippen LogP contribution in [-0.2, 0) is 4.74 Å². The van der Waals surface area contributed by atoms with Gasteiger partial charge in [0.25, 0.3) is 5.91 Å². The molecule has 2 unspecified atom stereocenters. The van der Waals surface area contributed by atoms with Gasteiger partial charge in [-0.15, -0.1) is 0 Å². The Labute approximate surface area is 105 Å². The summed E-state index contributed by atoms with van der Waals surface area (Å²) in [6.07, 6.45) is 0.703. The molecular weight excluding hydrogens is 237 g/mol. The van der Waals surface area contributed by atoms with Gasteiger partial charge < -0.3 is 14.7 Å². The van der Waals surface area contributed by atoms with Crippen LogP contribution in [0.25, 0.3) is 0 Å². The number of nitrogens with zero attached hydrogens (tertiary/aromatic N) is 1. The summed E-state index contributed by atoms with van der Waals surface area (Å²) in [5.74, 6) is -1.14. The van der Waals surface area contributed by atoms with Crippen LogP contribution in [0.3, 0.4) is 0 Å². The van der Waals surface area contributed by atoms with E-state index in [0.717, 1.165) is 18.6 Å². The lowest BCUT2D eigenvalue weighted by atomic mass is 10.1. The predicted molar refractivity (Wildman–Crippen MR) is 64.0 cm³/mol. The molecule has 4 nitrogen and oxygen atoms in total. The highest BCUT2D eigenvalue weighted by atomic mass is 19.1. The summed E-state index contributed by atoms with van der Waals surface area (Å²) in [5, 5.41) is 9.62. The number of hydrogen-bond acceptors (Lipinski definition) is 3. The number of likely N-dealkylation sites (N-methyl/N-ethyl adjacent to an activating group) is 1. The molecule has 18 heavy (non-hydrogen) atoms. The summed E-state index contributed by atoms with van der Waals surface area (Å²) in [6, 6.07) is 3.31. The Hall–Kier alpha value is -1.62. The standard InChI is InChI=1S/C13H16FNO3/c1-8-11(5-6-18-8)15(2)13(17)10-7-9(14)3-4-12(10)16/h3-4,7-8,11,16H,5-6H2,1-2H3. The maximum Gasteiger partial charge on any atom is 0.257 e. The van der Waals surface area contributed by atoms with Gasteiger partial charge in [-0.1, -0.05) is 0 Å². The van der Waals surface area contributed by atoms with Crippen LogP contribution in [0.5, 0.6) is 5.75 Å². The van der Waals surface area contributed by atoms with Crippen molar-refractivity contribution in [1.29, 1.82) is 0 Å². The molecule has 1 N–H and O–H groups in total. The molecule has 0 aliphatic carbocycles. The van der Waals surface area contributed by atoms with Gasteiger partial charge in [0.15, 0.2) is 0 Å². The third-order valence-electron chi connectivity index (χ3n) is 3.34. The number of ether oxygens (including phenoxy) is 1. The molecular formula is C13H16FNO3. The quantitative estimate of drug-likeness (QED) is 0.874. The first-order chi connectivity index (χ1) is 8.50. The third kappa shape index (κ3) is 2.31. The monoisotopic (exact) mass is 253 g/mol. The van der Waals surface area contributed by atoms with E-state index in [1.54, 1.807) is 7.05 Å². The lowest BCUT2D eigenvalue weighted by Gasteiger charge is -2.27. The van der Waals surface area contributed by atoms with Crippen molar-refractivity contribution in [2.45, 2.75) is 25.5 Å². The lowest BCUT2D eigenvalue weighted by molar-refractivity contribution is 0.0572. The van der Waals surface area contributed by atoms with Crippen molar-refractivity contribution >= 4 is 5.91 Å². The van der Waals surface area contributed by atoms with E-state index in [0.29, 0.717) is 6.61 Å². The first kappa shape index (κ1) is 12.8. The number of rotatable bonds is 2. The van der Waals surface area contributed by atoms with Gasteiger partial charge in [0, 0.05) is 13.7 Å². The molecule has 1 heterocycles. The Balaban J connectivity index is 2.22. The van der Waals surface area contributed by atoms with Crippen molar-refractivity contribution < 1.29 is 19.0 Å². The van der Waals surface area contributed by atoms with E-state index in [9.17, 15) is 14.3 Å². The Bertz CT molecular complexity index is 464. The van der Waals surface area contributed by atoms with Crippen LogP contribution >= 0.6 is 0 Å². The molecule has 0 bridgehead atoms. The SMILES string of the molecule is CC1OCCC1N(C)C(=O)c1cc(F)ccc1O. The fourth-order valence-electron chi connectivity index (χ4n) is 2.25. The number of phenols is 1. The molecule has 2 rings (SSSR count). The van der Waals surface area contributed by atoms with Crippen molar-refractivity contribution in [2.24, 2.45) is 0 Å². The van der Waals surface area contributed by atoms with Gasteiger partial charge in [-0.2, -0.15) is 0 Å². The van der Waals surface area contributed by atoms with Crippen molar-refractivity contribution in [1.82, 2.24) is 4.90 Å². The summed E-state index contributed by atoms with van der Waals surface area (Å²) >= 11 is 0. The van der Waals surface area contributed by atoms with Gasteiger partial charge in [-0.3, -0.25) is 4.79 Å². The van der Waals surface area contributed by atoms with Crippen LogP contribution in [0.4, 0.5) is 4.39 Å². The second kappa shape index (κ2) is 4.94. The average Bonchev–Trinajstić information content (AvgIpc) is 2.77. The van der Waals surface area contributed by atoms with Crippen molar-refractivity contribution in [3.63, 3.8) is 0 Å². The van der Waals surface area contributed by atoms with Crippen LogP contribution < -0.4 is 0 Å². The molecule has 98 valence electrons. The predicted octanol–water partition coefficient (Wildman–Crippen LogP) is 1.78. The number of halogens is 1. The first-order valence-electron chi connectivity index (χ1n) is 5.88. The molecule has 1 amide bonds. The Morgan fingerprint density at radius 1 is 1.56 bits per heavy atom. The number of carbonyl (C=O) groups excluding carboxylic acids is 1. The molecule has 5 heteroatoms. The first-order valence-corrected chi connectivity index (χ1v) is 5.88. The van der Waals surface area contributed by atoms with E-state index < -0.39 is 11.7 Å². The molecule has 1 aliphatic heterocycles. The van der Waals surface area contributed by atoms with Gasteiger partial charge in [0.2, 0.25) is 0 Å². The normalized spacial score (nSPS) is 23.1. The summed E-state index contributed by atoms with van der Waals surface area (Å²) in [5.41, 5.74) is -0.0170. The fourth-order valence-corrected chi connectivity index (χ4v) is 2.25. The van der Waals surface area contributed by atoms with Gasteiger partial charge >= 0.3 is 0 Å². The molecule has 1 fully saturated rings. The Morgan fingerprint density at radius 2 is 2.28 bits per heavy atom. The molecule has 0 aromatic heterocycles. The number of amides is 1. The van der Waals surface area contributed by atoms with E-state index in [1.165, 1.54) is 11.0 Å². The van der Waals surface area contributed by atoms with Crippen LogP contribution in [0.15, 0.2) is 18.2 Å². The van der Waals surface area contributed by atoms with Gasteiger partial charge in [0.05, 0.1) is 17.7 Å². The van der Waals surface area contributed by atoms with Crippen molar-refractivity contribution in [3.05, 3.63) is 29.6 Å². The Morgan fingerprint density at radius 3 is 2.89 bits per heavy atom. The van der Waals surface area contributed by atoms with Crippen LogP contribution in [0.1, 0.15) is 23.7 Å². The summed E-state index contributed by atoms with van der Waals surface area (Å²) < 4.78 is 18.5. The lowest BCUT2D eigenvalue weighted by Crippen LogP contribution is -2.41. The minimum absolute atomic E-state index is 0.0170. The van der Waals surface area contributed by atoms with Gasteiger partial charge in [-0.25, -0.2) is 4.39 Å². The van der Waals surface area contributed by atoms with Crippen LogP contribution in [0.2, 0.25) is 0 Å². The van der Waals surface area contributed by atoms with Gasteiger partial charge in [-0.05, 0) is 31.5 Å². The van der Waals surface area contributed by atoms with E-state index in [1.807, 2.05) is 6.92 Å². The number of benzene rings is 1. The van der Waals surface area contributed by atoms with E-state index in [4.69, 9.17) is 4.74 Å². The Kier molecular flexibility index (Phi) is 3.52. The zero-order valence-electron chi connectivity index (χ0n) is 10.4. The minimum atomic E-state index is -0.541. The van der Waals surface area contributed by atoms with Crippen LogP contribution in [0, 0.1) is 5.82 Å². The van der Waals surface area contributed by atoms with Crippen molar-refractivity contribution in [2.75, 3.05) is 13.7 Å². The molecule has 2 atom stereocenters. The van der Waals surface area contributed by atoms with E-state index >= 15 is 0 Å². The van der Waals surface area contributed by atoms with Crippen LogP contribution in [-0.4, -0.2) is 41.7 Å². The number of carbonyl (C=O) groups is 1. The fraction of sp³-hybridized carbons (Fsp3) is 0.462. The molecule has 1 aromatic rings. The number of aromatic hydroxyl groups is 1. The van der Waals surface area contributed by atoms with Crippen molar-refractivity contribution in [3.8, 4) is 5.75 Å². The zero-order valence-corrected chi connectivity index (χ0v) is 10.4. The number of hydrogen-bond donors (Lipinski definition) is 1. The number of phenolic OH excluding ortho intramolecular Hbond substituents is 1. The summed E-state index contributed by atoms with van der Waals surface area (Å²) in [4.78, 5) is 13.7. The minimum Gasteiger partial charge on any atom is -0.507 e. The highest BCUT2D eigenvalue weighted by Crippen LogP contribution is 2.24. The maximum absolute atomic E-state index is 13.1. The molecule has 0 saturated carbocycles. The largest absolute Gasteiger partial charge is 0.507 e. The smallest absolute Gasteiger partial charge is 0.257 e. The highest BCUT2D eigenvalue weighted by Gasteiger charge is 2.31. The molecule has 0 radical (unpaired) electrons. The molecule has 1 aliphatic rings. The topological polar surface area (TPSA) is 49.8 Å². The van der Waals surface area contributed by atoms with E-state index in [2.05, 4.69) is 0 Å². The average molecular weight is 253 g/mol. The molecule has 1 saturated heterocycles. The third-order valence-corrected chi connectivity index (χ3v) is 3.34. The maximum atomic E-state index is 13.1. The van der Waals surface area contributed by atoms with E-state index in [-0.39, 0.29) is 23.5 Å². The second-order valence-corrected chi connectivity index (χ2v) is 4.51.